The minimum Gasteiger partial charge on any atom is -0.463 e. The summed E-state index contributed by atoms with van der Waals surface area (Å²) in [4.78, 5) is 16.4. The summed E-state index contributed by atoms with van der Waals surface area (Å²) in [7, 11) is 0. The number of rotatable bonds is 5. The lowest BCUT2D eigenvalue weighted by molar-refractivity contribution is 0.102. The molecule has 2 N–H and O–H groups in total. The van der Waals surface area contributed by atoms with Crippen LogP contribution in [-0.2, 0) is 6.54 Å². The summed E-state index contributed by atoms with van der Waals surface area (Å²) in [6.07, 6.45) is 3.02. The van der Waals surface area contributed by atoms with Crippen LogP contribution in [0.5, 0.6) is 0 Å². The van der Waals surface area contributed by atoms with Crippen LogP contribution < -0.4 is 5.32 Å². The Morgan fingerprint density at radius 1 is 1.22 bits per heavy atom. The molecule has 0 atom stereocenters. The lowest BCUT2D eigenvalue weighted by atomic mass is 10.2. The number of aromatic nitrogens is 5. The number of hydrogen-bond donors (Lipinski definition) is 2. The molecule has 10 heteroatoms. The van der Waals surface area contributed by atoms with E-state index in [0.29, 0.717) is 28.0 Å². The summed E-state index contributed by atoms with van der Waals surface area (Å²) in [6, 6.07) is 10.3. The van der Waals surface area contributed by atoms with Crippen LogP contribution in [0.15, 0.2) is 53.4 Å². The van der Waals surface area contributed by atoms with Gasteiger partial charge in [-0.2, -0.15) is 5.10 Å². The molecular formula is C17H12Cl2N6O2. The average molecular weight is 403 g/mol. The molecule has 27 heavy (non-hydrogen) atoms. The van der Waals surface area contributed by atoms with E-state index in [2.05, 4.69) is 25.6 Å². The molecule has 3 aromatic heterocycles. The summed E-state index contributed by atoms with van der Waals surface area (Å²) in [6.45, 7) is 0.326. The molecule has 136 valence electrons. The largest absolute Gasteiger partial charge is 0.463 e. The Bertz CT molecular complexity index is 1070. The number of H-pyrrole nitrogens is 1. The first kappa shape index (κ1) is 17.3. The van der Waals surface area contributed by atoms with Gasteiger partial charge in [-0.25, -0.2) is 9.67 Å². The molecule has 0 unspecified atom stereocenters. The summed E-state index contributed by atoms with van der Waals surface area (Å²) in [5, 5.41) is 14.6. The number of nitrogens with one attached hydrogen (secondary N) is 2. The predicted octanol–water partition coefficient (Wildman–Crippen LogP) is 3.87. The van der Waals surface area contributed by atoms with Gasteiger partial charge in [-0.3, -0.25) is 15.2 Å². The molecule has 4 aromatic rings. The number of aromatic amines is 1. The molecule has 0 fully saturated rings. The molecule has 3 heterocycles. The maximum absolute atomic E-state index is 12.3. The fourth-order valence-electron chi connectivity index (χ4n) is 2.44. The highest BCUT2D eigenvalue weighted by atomic mass is 35.5. The Labute approximate surface area is 163 Å². The zero-order chi connectivity index (χ0) is 18.8. The second-order valence-corrected chi connectivity index (χ2v) is 6.38. The van der Waals surface area contributed by atoms with E-state index in [9.17, 15) is 4.79 Å². The van der Waals surface area contributed by atoms with Gasteiger partial charge in [-0.1, -0.05) is 29.3 Å². The van der Waals surface area contributed by atoms with E-state index in [1.807, 2.05) is 0 Å². The van der Waals surface area contributed by atoms with E-state index in [1.165, 1.54) is 17.3 Å². The standard InChI is InChI=1S/C17H12Cl2N6O2/c18-11-3-1-4-12(19)10(11)8-25-9-20-17(24-25)21-16(26)14-7-13(22-23-14)15-5-2-6-27-15/h1-7,9H,8H2,(H,22,23)(H,21,24,26). The van der Waals surface area contributed by atoms with Crippen molar-refractivity contribution in [1.82, 2.24) is 25.0 Å². The molecule has 0 bridgehead atoms. The van der Waals surface area contributed by atoms with E-state index in [0.717, 1.165) is 5.56 Å². The fourth-order valence-corrected chi connectivity index (χ4v) is 2.95. The molecule has 8 nitrogen and oxygen atoms in total. The van der Waals surface area contributed by atoms with Crippen molar-refractivity contribution in [3.63, 3.8) is 0 Å². The molecule has 1 aromatic carbocycles. The van der Waals surface area contributed by atoms with Crippen molar-refractivity contribution >= 4 is 35.1 Å². The average Bonchev–Trinajstić information content (AvgIpc) is 3.38. The molecule has 0 aliphatic heterocycles. The first-order chi connectivity index (χ1) is 13.1. The Morgan fingerprint density at radius 2 is 2.04 bits per heavy atom. The second-order valence-electron chi connectivity index (χ2n) is 5.56. The SMILES string of the molecule is O=C(Nc1ncn(Cc2c(Cl)cccc2Cl)n1)c1cc(-c2ccco2)[nH]n1. The Morgan fingerprint density at radius 3 is 2.78 bits per heavy atom. The van der Waals surface area contributed by atoms with Crippen LogP contribution in [0.2, 0.25) is 10.0 Å². The summed E-state index contributed by atoms with van der Waals surface area (Å²) < 4.78 is 6.79. The number of anilines is 1. The molecule has 1 amide bonds. The minimum absolute atomic E-state index is 0.144. The van der Waals surface area contributed by atoms with E-state index in [4.69, 9.17) is 27.6 Å². The highest BCUT2D eigenvalue weighted by molar-refractivity contribution is 6.35. The quantitative estimate of drug-likeness (QED) is 0.527. The highest BCUT2D eigenvalue weighted by Crippen LogP contribution is 2.25. The third kappa shape index (κ3) is 3.71. The smallest absolute Gasteiger partial charge is 0.278 e. The second kappa shape index (κ2) is 7.26. The van der Waals surface area contributed by atoms with Crippen LogP contribution in [-0.4, -0.2) is 30.9 Å². The molecule has 0 saturated heterocycles. The van der Waals surface area contributed by atoms with Crippen LogP contribution >= 0.6 is 23.2 Å². The third-order valence-electron chi connectivity index (χ3n) is 3.74. The summed E-state index contributed by atoms with van der Waals surface area (Å²) >= 11 is 12.3. The molecule has 0 aliphatic carbocycles. The van der Waals surface area contributed by atoms with Crippen molar-refractivity contribution in [3.8, 4) is 11.5 Å². The van der Waals surface area contributed by atoms with E-state index >= 15 is 0 Å². The number of benzene rings is 1. The van der Waals surface area contributed by atoms with Gasteiger partial charge in [0.2, 0.25) is 5.95 Å². The van der Waals surface area contributed by atoms with E-state index in [-0.39, 0.29) is 11.6 Å². The van der Waals surface area contributed by atoms with Gasteiger partial charge < -0.3 is 4.42 Å². The number of nitrogens with zero attached hydrogens (tertiary/aromatic N) is 4. The van der Waals surface area contributed by atoms with Gasteiger partial charge in [0.05, 0.1) is 12.8 Å². The zero-order valence-electron chi connectivity index (χ0n) is 13.7. The number of furan rings is 1. The van der Waals surface area contributed by atoms with Gasteiger partial charge >= 0.3 is 0 Å². The number of amides is 1. The van der Waals surface area contributed by atoms with Crippen molar-refractivity contribution in [2.75, 3.05) is 5.32 Å². The molecule has 0 aliphatic rings. The highest BCUT2D eigenvalue weighted by Gasteiger charge is 2.15. The van der Waals surface area contributed by atoms with Crippen molar-refractivity contribution in [2.24, 2.45) is 0 Å². The number of carbonyl (C=O) groups is 1. The first-order valence-corrected chi connectivity index (χ1v) is 8.59. The maximum atomic E-state index is 12.3. The summed E-state index contributed by atoms with van der Waals surface area (Å²) in [5.74, 6) is 0.281. The van der Waals surface area contributed by atoms with Crippen LogP contribution in [0.3, 0.4) is 0 Å². The lowest BCUT2D eigenvalue weighted by Gasteiger charge is -2.06. The number of halogens is 2. The van der Waals surface area contributed by atoms with E-state index < -0.39 is 5.91 Å². The molecule has 0 spiro atoms. The minimum atomic E-state index is -0.447. The third-order valence-corrected chi connectivity index (χ3v) is 4.45. The van der Waals surface area contributed by atoms with Crippen LogP contribution in [0.1, 0.15) is 16.1 Å². The monoisotopic (exact) mass is 402 g/mol. The van der Waals surface area contributed by atoms with Gasteiger partial charge in [0.1, 0.15) is 12.0 Å². The topological polar surface area (TPSA) is 102 Å². The van der Waals surface area contributed by atoms with E-state index in [1.54, 1.807) is 36.4 Å². The Kier molecular flexibility index (Phi) is 4.66. The van der Waals surface area contributed by atoms with Crippen molar-refractivity contribution in [1.29, 1.82) is 0 Å². The first-order valence-electron chi connectivity index (χ1n) is 7.83. The predicted molar refractivity (Wildman–Crippen MR) is 99.8 cm³/mol. The van der Waals surface area contributed by atoms with Crippen LogP contribution in [0.4, 0.5) is 5.95 Å². The summed E-state index contributed by atoms with van der Waals surface area (Å²) in [5.41, 5.74) is 1.50. The van der Waals surface area contributed by atoms with Crippen LogP contribution in [0, 0.1) is 0 Å². The zero-order valence-corrected chi connectivity index (χ0v) is 15.2. The van der Waals surface area contributed by atoms with Crippen molar-refractivity contribution < 1.29 is 9.21 Å². The molecule has 0 saturated carbocycles. The normalized spacial score (nSPS) is 10.9. The Balaban J connectivity index is 1.45. The van der Waals surface area contributed by atoms with Crippen LogP contribution in [0.25, 0.3) is 11.5 Å². The fraction of sp³-hybridized carbons (Fsp3) is 0.0588. The maximum Gasteiger partial charge on any atom is 0.278 e. The number of carbonyl (C=O) groups excluding carboxylic acids is 1. The van der Waals surface area contributed by atoms with Crippen molar-refractivity contribution in [3.05, 3.63) is 70.3 Å². The molecule has 0 radical (unpaired) electrons. The molecule has 4 rings (SSSR count). The Hall–Kier alpha value is -3.10. The molecular weight excluding hydrogens is 391 g/mol. The van der Waals surface area contributed by atoms with Crippen molar-refractivity contribution in [2.45, 2.75) is 6.54 Å². The van der Waals surface area contributed by atoms with Gasteiger partial charge in [0.25, 0.3) is 5.91 Å². The van der Waals surface area contributed by atoms with Gasteiger partial charge in [-0.05, 0) is 24.3 Å². The van der Waals surface area contributed by atoms with Gasteiger partial charge in [0.15, 0.2) is 11.5 Å². The van der Waals surface area contributed by atoms with Gasteiger partial charge in [0, 0.05) is 21.7 Å². The van der Waals surface area contributed by atoms with Gasteiger partial charge in [-0.15, -0.1) is 5.10 Å². The lowest BCUT2D eigenvalue weighted by Crippen LogP contribution is -2.14. The number of hydrogen-bond acceptors (Lipinski definition) is 5.